The van der Waals surface area contributed by atoms with Crippen LogP contribution < -0.4 is 4.74 Å². The van der Waals surface area contributed by atoms with Crippen LogP contribution in [-0.2, 0) is 9.59 Å². The first-order valence-corrected chi connectivity index (χ1v) is 10.5. The van der Waals surface area contributed by atoms with E-state index in [4.69, 9.17) is 4.74 Å². The smallest absolute Gasteiger partial charge is 0.295 e. The van der Waals surface area contributed by atoms with Crippen LogP contribution in [0.5, 0.6) is 5.75 Å². The maximum absolute atomic E-state index is 13.2. The first kappa shape index (κ1) is 20.2. The van der Waals surface area contributed by atoms with E-state index >= 15 is 0 Å². The summed E-state index contributed by atoms with van der Waals surface area (Å²) in [6.07, 6.45) is 4.93. The average Bonchev–Trinajstić information content (AvgIpc) is 3.04. The van der Waals surface area contributed by atoms with Crippen LogP contribution in [0.4, 0.5) is 0 Å². The van der Waals surface area contributed by atoms with E-state index in [9.17, 15) is 14.7 Å². The second kappa shape index (κ2) is 8.34. The summed E-state index contributed by atoms with van der Waals surface area (Å²) in [7, 11) is 1.57. The topological polar surface area (TPSA) is 66.8 Å². The van der Waals surface area contributed by atoms with Gasteiger partial charge < -0.3 is 14.7 Å². The van der Waals surface area contributed by atoms with E-state index in [0.717, 1.165) is 43.2 Å². The van der Waals surface area contributed by atoms with Crippen LogP contribution in [-0.4, -0.2) is 34.8 Å². The molecule has 1 N–H and O–H groups in total. The lowest BCUT2D eigenvalue weighted by Gasteiger charge is -2.35. The SMILES string of the molecule is COc1ccccc1C1/C(=C(/O)c2ccc(C)cc2)C(=O)C(=O)N1C1CCCCC1. The van der Waals surface area contributed by atoms with E-state index < -0.39 is 17.7 Å². The third kappa shape index (κ3) is 3.49. The van der Waals surface area contributed by atoms with Gasteiger partial charge >= 0.3 is 0 Å². The van der Waals surface area contributed by atoms with Gasteiger partial charge in [0, 0.05) is 17.2 Å². The first-order valence-electron chi connectivity index (χ1n) is 10.5. The number of para-hydroxylation sites is 1. The van der Waals surface area contributed by atoms with Gasteiger partial charge in [0.25, 0.3) is 11.7 Å². The lowest BCUT2D eigenvalue weighted by Crippen LogP contribution is -2.40. The molecule has 1 unspecified atom stereocenters. The van der Waals surface area contributed by atoms with Crippen molar-refractivity contribution in [3.8, 4) is 5.75 Å². The van der Waals surface area contributed by atoms with Crippen molar-refractivity contribution in [1.29, 1.82) is 0 Å². The number of ether oxygens (including phenoxy) is 1. The van der Waals surface area contributed by atoms with Crippen molar-refractivity contribution in [3.63, 3.8) is 0 Å². The molecular formula is C25H27NO4. The number of carbonyl (C=O) groups excluding carboxylic acids is 2. The molecule has 5 nitrogen and oxygen atoms in total. The molecule has 0 radical (unpaired) electrons. The predicted octanol–water partition coefficient (Wildman–Crippen LogP) is 4.76. The first-order chi connectivity index (χ1) is 14.5. The number of carbonyl (C=O) groups is 2. The molecule has 0 bridgehead atoms. The van der Waals surface area contributed by atoms with E-state index in [1.165, 1.54) is 0 Å². The minimum absolute atomic E-state index is 0.0200. The third-order valence-electron chi connectivity index (χ3n) is 6.21. The average molecular weight is 405 g/mol. The number of Topliss-reactive ketones (excluding diaryl/α,β-unsaturated/α-hetero) is 1. The molecule has 1 aliphatic heterocycles. The number of aliphatic hydroxyl groups is 1. The van der Waals surface area contributed by atoms with Gasteiger partial charge in [0.1, 0.15) is 11.5 Å². The summed E-state index contributed by atoms with van der Waals surface area (Å²) in [5.74, 6) is -0.705. The Labute approximate surface area is 177 Å². The number of amides is 1. The lowest BCUT2D eigenvalue weighted by atomic mass is 9.90. The number of methoxy groups -OCH3 is 1. The number of rotatable bonds is 4. The van der Waals surface area contributed by atoms with E-state index in [1.807, 2.05) is 43.3 Å². The summed E-state index contributed by atoms with van der Waals surface area (Å²) in [4.78, 5) is 28.0. The Bertz CT molecular complexity index is 986. The standard InChI is InChI=1S/C25H27NO4/c1-16-12-14-17(15-13-16)23(27)21-22(19-10-6-7-11-20(19)30-2)26(25(29)24(21)28)18-8-4-3-5-9-18/h6-7,10-15,18,22,27H,3-5,8-9H2,1-2H3/b23-21-. The number of aryl methyl sites for hydroxylation is 1. The van der Waals surface area contributed by atoms with Gasteiger partial charge in [0.05, 0.1) is 18.7 Å². The zero-order valence-corrected chi connectivity index (χ0v) is 17.4. The molecule has 30 heavy (non-hydrogen) atoms. The third-order valence-corrected chi connectivity index (χ3v) is 6.21. The van der Waals surface area contributed by atoms with Gasteiger partial charge in [-0.1, -0.05) is 67.3 Å². The molecule has 2 aromatic carbocycles. The van der Waals surface area contributed by atoms with Gasteiger partial charge in [0.2, 0.25) is 0 Å². The maximum atomic E-state index is 13.2. The zero-order chi connectivity index (χ0) is 21.3. The van der Waals surface area contributed by atoms with Crippen molar-refractivity contribution < 1.29 is 19.4 Å². The van der Waals surface area contributed by atoms with Crippen LogP contribution in [0.25, 0.3) is 5.76 Å². The van der Waals surface area contributed by atoms with E-state index in [1.54, 1.807) is 24.1 Å². The minimum Gasteiger partial charge on any atom is -0.507 e. The quantitative estimate of drug-likeness (QED) is 0.453. The van der Waals surface area contributed by atoms with Crippen LogP contribution in [0.3, 0.4) is 0 Å². The summed E-state index contributed by atoms with van der Waals surface area (Å²) in [5.41, 5.74) is 2.44. The van der Waals surface area contributed by atoms with Gasteiger partial charge in [-0.25, -0.2) is 0 Å². The van der Waals surface area contributed by atoms with Crippen molar-refractivity contribution >= 4 is 17.4 Å². The molecular weight excluding hydrogens is 378 g/mol. The minimum atomic E-state index is -0.662. The van der Waals surface area contributed by atoms with Crippen molar-refractivity contribution in [1.82, 2.24) is 4.90 Å². The van der Waals surface area contributed by atoms with Gasteiger partial charge in [-0.15, -0.1) is 0 Å². The molecule has 5 heteroatoms. The Balaban J connectivity index is 1.90. The fraction of sp³-hybridized carbons (Fsp3) is 0.360. The van der Waals surface area contributed by atoms with Crippen LogP contribution in [0, 0.1) is 6.92 Å². The molecule has 2 aliphatic rings. The van der Waals surface area contributed by atoms with E-state index in [2.05, 4.69) is 0 Å². The molecule has 1 saturated carbocycles. The largest absolute Gasteiger partial charge is 0.507 e. The summed E-state index contributed by atoms with van der Waals surface area (Å²) < 4.78 is 5.56. The number of ketones is 1. The summed E-state index contributed by atoms with van der Waals surface area (Å²) in [6, 6.07) is 14.0. The van der Waals surface area contributed by atoms with Crippen molar-refractivity contribution in [2.75, 3.05) is 7.11 Å². The Morgan fingerprint density at radius 3 is 2.33 bits per heavy atom. The Morgan fingerprint density at radius 2 is 1.67 bits per heavy atom. The Morgan fingerprint density at radius 1 is 1.00 bits per heavy atom. The van der Waals surface area contributed by atoms with Crippen LogP contribution in [0.2, 0.25) is 0 Å². The van der Waals surface area contributed by atoms with Crippen molar-refractivity contribution in [2.24, 2.45) is 0 Å². The van der Waals surface area contributed by atoms with Gasteiger partial charge in [-0.05, 0) is 25.8 Å². The highest BCUT2D eigenvalue weighted by Crippen LogP contribution is 2.45. The summed E-state index contributed by atoms with van der Waals surface area (Å²) in [5, 5.41) is 11.1. The normalized spacial score (nSPS) is 21.8. The molecule has 0 aromatic heterocycles. The van der Waals surface area contributed by atoms with E-state index in [-0.39, 0.29) is 17.4 Å². The highest BCUT2D eigenvalue weighted by Gasteiger charge is 2.49. The van der Waals surface area contributed by atoms with Gasteiger partial charge in [0.15, 0.2) is 0 Å². The highest BCUT2D eigenvalue weighted by molar-refractivity contribution is 6.46. The van der Waals surface area contributed by atoms with Crippen molar-refractivity contribution in [3.05, 3.63) is 70.8 Å². The predicted molar refractivity (Wildman–Crippen MR) is 115 cm³/mol. The fourth-order valence-electron chi connectivity index (χ4n) is 4.65. The molecule has 1 atom stereocenters. The molecule has 1 heterocycles. The molecule has 1 aliphatic carbocycles. The lowest BCUT2D eigenvalue weighted by molar-refractivity contribution is -0.141. The fourth-order valence-corrected chi connectivity index (χ4v) is 4.65. The summed E-state index contributed by atoms with van der Waals surface area (Å²) in [6.45, 7) is 1.96. The van der Waals surface area contributed by atoms with E-state index in [0.29, 0.717) is 11.3 Å². The van der Waals surface area contributed by atoms with Crippen LogP contribution in [0.1, 0.15) is 54.8 Å². The molecule has 2 aromatic rings. The molecule has 1 saturated heterocycles. The zero-order valence-electron chi connectivity index (χ0n) is 17.4. The molecule has 156 valence electrons. The number of nitrogens with zero attached hydrogens (tertiary/aromatic N) is 1. The number of benzene rings is 2. The van der Waals surface area contributed by atoms with Gasteiger partial charge in [-0.2, -0.15) is 0 Å². The molecule has 2 fully saturated rings. The van der Waals surface area contributed by atoms with Crippen molar-refractivity contribution in [2.45, 2.75) is 51.1 Å². The molecule has 0 spiro atoms. The number of hydrogen-bond donors (Lipinski definition) is 1. The number of likely N-dealkylation sites (tertiary alicyclic amines) is 1. The molecule has 1 amide bonds. The van der Waals surface area contributed by atoms with Crippen LogP contribution >= 0.6 is 0 Å². The monoisotopic (exact) mass is 405 g/mol. The van der Waals surface area contributed by atoms with Crippen LogP contribution in [0.15, 0.2) is 54.1 Å². The molecule has 4 rings (SSSR count). The summed E-state index contributed by atoms with van der Waals surface area (Å²) >= 11 is 0. The second-order valence-electron chi connectivity index (χ2n) is 8.11. The maximum Gasteiger partial charge on any atom is 0.295 e. The number of hydrogen-bond acceptors (Lipinski definition) is 4. The second-order valence-corrected chi connectivity index (χ2v) is 8.11. The number of aliphatic hydroxyl groups excluding tert-OH is 1. The van der Waals surface area contributed by atoms with Gasteiger partial charge in [-0.3, -0.25) is 9.59 Å². The highest BCUT2D eigenvalue weighted by atomic mass is 16.5. The Kier molecular flexibility index (Phi) is 5.62. The Hall–Kier alpha value is -3.08.